The van der Waals surface area contributed by atoms with Crippen LogP contribution >= 0.6 is 0 Å². The molecule has 0 unspecified atom stereocenters. The Morgan fingerprint density at radius 3 is 2.08 bits per heavy atom. The van der Waals surface area contributed by atoms with Gasteiger partial charge in [0.25, 0.3) is 0 Å². The first-order chi connectivity index (χ1) is 6.13. The Hall–Kier alpha value is -0.900. The Kier molecular flexibility index (Phi) is 6.14. The van der Waals surface area contributed by atoms with Crippen LogP contribution < -0.4 is 17.2 Å². The molecule has 13 heavy (non-hydrogen) atoms. The molecule has 0 saturated carbocycles. The summed E-state index contributed by atoms with van der Waals surface area (Å²) in [6.07, 6.45) is 3.88. The van der Waals surface area contributed by atoms with Gasteiger partial charge in [-0.1, -0.05) is 24.3 Å². The van der Waals surface area contributed by atoms with Crippen LogP contribution in [0.2, 0.25) is 0 Å². The zero-order chi connectivity index (χ0) is 10.3. The smallest absolute Gasteiger partial charge is 0.0178 e. The Morgan fingerprint density at radius 2 is 1.69 bits per heavy atom. The van der Waals surface area contributed by atoms with Gasteiger partial charge in [-0.2, -0.15) is 0 Å². The van der Waals surface area contributed by atoms with Crippen molar-refractivity contribution in [3.8, 4) is 0 Å². The Labute approximate surface area is 80.0 Å². The summed E-state index contributed by atoms with van der Waals surface area (Å²) < 4.78 is 0. The molecular weight excluding hydrogens is 162 g/mol. The summed E-state index contributed by atoms with van der Waals surface area (Å²) >= 11 is 0. The summed E-state index contributed by atoms with van der Waals surface area (Å²) in [6, 6.07) is 0. The maximum absolute atomic E-state index is 5.54. The Morgan fingerprint density at radius 1 is 1.08 bits per heavy atom. The van der Waals surface area contributed by atoms with Crippen LogP contribution in [0.3, 0.4) is 0 Å². The highest BCUT2D eigenvalue weighted by molar-refractivity contribution is 5.32. The van der Waals surface area contributed by atoms with E-state index in [1.54, 1.807) is 0 Å². The molecule has 0 spiro atoms. The molecule has 0 bridgehead atoms. The zero-order valence-corrected chi connectivity index (χ0v) is 8.22. The van der Waals surface area contributed by atoms with E-state index in [2.05, 4.69) is 6.58 Å². The van der Waals surface area contributed by atoms with Crippen molar-refractivity contribution in [1.82, 2.24) is 0 Å². The van der Waals surface area contributed by atoms with Gasteiger partial charge in [0.05, 0.1) is 0 Å². The maximum Gasteiger partial charge on any atom is 0.0178 e. The second-order valence-electron chi connectivity index (χ2n) is 2.98. The van der Waals surface area contributed by atoms with E-state index in [1.165, 1.54) is 0 Å². The van der Waals surface area contributed by atoms with Crippen LogP contribution in [0.1, 0.15) is 6.92 Å². The SMILES string of the molecule is C=C(/C=C(\C=C(/C)CN)CN)CN. The quantitative estimate of drug-likeness (QED) is 0.533. The average Bonchev–Trinajstić information content (AvgIpc) is 2.16. The zero-order valence-electron chi connectivity index (χ0n) is 8.22. The van der Waals surface area contributed by atoms with Gasteiger partial charge in [-0.3, -0.25) is 0 Å². The van der Waals surface area contributed by atoms with E-state index in [0.29, 0.717) is 19.6 Å². The molecule has 3 heteroatoms. The highest BCUT2D eigenvalue weighted by Crippen LogP contribution is 2.03. The summed E-state index contributed by atoms with van der Waals surface area (Å²) in [7, 11) is 0. The fourth-order valence-corrected chi connectivity index (χ4v) is 0.856. The fraction of sp³-hybridized carbons (Fsp3) is 0.400. The van der Waals surface area contributed by atoms with Crippen LogP contribution in [-0.2, 0) is 0 Å². The standard InChI is InChI=1S/C10H19N3/c1-8(5-11)3-10(7-13)4-9(2)6-12/h3-4H,1,5-7,11-13H2,2H3/b9-4+,10-3+. The van der Waals surface area contributed by atoms with Gasteiger partial charge in [0.15, 0.2) is 0 Å². The average molecular weight is 181 g/mol. The van der Waals surface area contributed by atoms with Crippen molar-refractivity contribution in [2.45, 2.75) is 6.92 Å². The van der Waals surface area contributed by atoms with Gasteiger partial charge >= 0.3 is 0 Å². The van der Waals surface area contributed by atoms with E-state index in [9.17, 15) is 0 Å². The van der Waals surface area contributed by atoms with Gasteiger partial charge in [-0.05, 0) is 18.1 Å². The molecule has 0 radical (unpaired) electrons. The second-order valence-corrected chi connectivity index (χ2v) is 2.98. The molecular formula is C10H19N3. The molecule has 0 aliphatic heterocycles. The molecule has 0 aliphatic rings. The third-order valence-corrected chi connectivity index (χ3v) is 1.64. The van der Waals surface area contributed by atoms with Crippen molar-refractivity contribution in [1.29, 1.82) is 0 Å². The molecule has 0 rings (SSSR count). The summed E-state index contributed by atoms with van der Waals surface area (Å²) in [5.41, 5.74) is 19.4. The minimum Gasteiger partial charge on any atom is -0.327 e. The van der Waals surface area contributed by atoms with Crippen molar-refractivity contribution in [3.05, 3.63) is 35.5 Å². The molecule has 3 nitrogen and oxygen atoms in total. The monoisotopic (exact) mass is 181 g/mol. The number of hydrogen-bond acceptors (Lipinski definition) is 3. The van der Waals surface area contributed by atoms with Crippen LogP contribution in [0.15, 0.2) is 35.5 Å². The molecule has 74 valence electrons. The minimum atomic E-state index is 0.457. The van der Waals surface area contributed by atoms with E-state index >= 15 is 0 Å². The number of nitrogens with two attached hydrogens (primary N) is 3. The van der Waals surface area contributed by atoms with Crippen LogP contribution in [-0.4, -0.2) is 19.6 Å². The molecule has 0 aromatic heterocycles. The van der Waals surface area contributed by atoms with E-state index in [0.717, 1.165) is 16.7 Å². The summed E-state index contributed by atoms with van der Waals surface area (Å²) in [6.45, 7) is 7.23. The number of rotatable bonds is 5. The van der Waals surface area contributed by atoms with Gasteiger partial charge < -0.3 is 17.2 Å². The van der Waals surface area contributed by atoms with Gasteiger partial charge in [0.2, 0.25) is 0 Å². The van der Waals surface area contributed by atoms with Crippen molar-refractivity contribution in [2.75, 3.05) is 19.6 Å². The van der Waals surface area contributed by atoms with Crippen LogP contribution in [0.4, 0.5) is 0 Å². The topological polar surface area (TPSA) is 78.1 Å². The molecule has 0 aromatic rings. The van der Waals surface area contributed by atoms with Crippen LogP contribution in [0.25, 0.3) is 0 Å². The lowest BCUT2D eigenvalue weighted by atomic mass is 10.1. The van der Waals surface area contributed by atoms with Gasteiger partial charge in [0, 0.05) is 19.6 Å². The highest BCUT2D eigenvalue weighted by atomic mass is 14.5. The van der Waals surface area contributed by atoms with Crippen molar-refractivity contribution < 1.29 is 0 Å². The normalized spacial score (nSPS) is 13.2. The van der Waals surface area contributed by atoms with Gasteiger partial charge in [-0.25, -0.2) is 0 Å². The van der Waals surface area contributed by atoms with E-state index in [1.807, 2.05) is 19.1 Å². The first-order valence-electron chi connectivity index (χ1n) is 4.29. The Bertz CT molecular complexity index is 226. The lowest BCUT2D eigenvalue weighted by molar-refractivity contribution is 1.10. The third-order valence-electron chi connectivity index (χ3n) is 1.64. The van der Waals surface area contributed by atoms with E-state index in [-0.39, 0.29) is 0 Å². The first-order valence-corrected chi connectivity index (χ1v) is 4.29. The van der Waals surface area contributed by atoms with E-state index < -0.39 is 0 Å². The van der Waals surface area contributed by atoms with Crippen molar-refractivity contribution in [3.63, 3.8) is 0 Å². The molecule has 0 fully saturated rings. The first kappa shape index (κ1) is 12.1. The molecule has 0 atom stereocenters. The molecule has 0 aliphatic carbocycles. The molecule has 0 amide bonds. The maximum atomic E-state index is 5.54. The van der Waals surface area contributed by atoms with Crippen LogP contribution in [0.5, 0.6) is 0 Å². The third kappa shape index (κ3) is 5.36. The summed E-state index contributed by atoms with van der Waals surface area (Å²) in [5.74, 6) is 0. The van der Waals surface area contributed by atoms with Crippen LogP contribution in [0, 0.1) is 0 Å². The molecule has 0 aromatic carbocycles. The van der Waals surface area contributed by atoms with E-state index in [4.69, 9.17) is 17.2 Å². The molecule has 0 saturated heterocycles. The Balaban J connectivity index is 4.51. The van der Waals surface area contributed by atoms with Gasteiger partial charge in [0.1, 0.15) is 0 Å². The molecule has 6 N–H and O–H groups in total. The molecule has 0 heterocycles. The van der Waals surface area contributed by atoms with Crippen molar-refractivity contribution in [2.24, 2.45) is 17.2 Å². The second kappa shape index (κ2) is 6.60. The largest absolute Gasteiger partial charge is 0.327 e. The minimum absolute atomic E-state index is 0.457. The fourth-order valence-electron chi connectivity index (χ4n) is 0.856. The summed E-state index contributed by atoms with van der Waals surface area (Å²) in [4.78, 5) is 0. The van der Waals surface area contributed by atoms with Gasteiger partial charge in [-0.15, -0.1) is 0 Å². The van der Waals surface area contributed by atoms with Crippen molar-refractivity contribution >= 4 is 0 Å². The lowest BCUT2D eigenvalue weighted by Gasteiger charge is -2.01. The predicted molar refractivity (Wildman–Crippen MR) is 58.1 cm³/mol. The lowest BCUT2D eigenvalue weighted by Crippen LogP contribution is -2.07. The predicted octanol–water partition coefficient (Wildman–Crippen LogP) is 0.291. The number of hydrogen-bond donors (Lipinski definition) is 3. The highest BCUT2D eigenvalue weighted by Gasteiger charge is 1.92. The summed E-state index contributed by atoms with van der Waals surface area (Å²) in [5, 5.41) is 0.